The van der Waals surface area contributed by atoms with Crippen LogP contribution in [0.4, 0.5) is 0 Å². The molecular formula is C12H20N2O. The van der Waals surface area contributed by atoms with E-state index in [1.807, 2.05) is 0 Å². The number of carbonyl (C=O) groups is 1. The Kier molecular flexibility index (Phi) is 2.19. The molecule has 0 bridgehead atoms. The molecule has 0 saturated carbocycles. The summed E-state index contributed by atoms with van der Waals surface area (Å²) in [7, 11) is 0. The molecule has 2 heterocycles. The molecule has 3 nitrogen and oxygen atoms in total. The van der Waals surface area contributed by atoms with Gasteiger partial charge in [0, 0.05) is 29.6 Å². The maximum Gasteiger partial charge on any atom is 0.224 e. The summed E-state index contributed by atoms with van der Waals surface area (Å²) in [4.78, 5) is 11.4. The Morgan fingerprint density at radius 3 is 2.47 bits per heavy atom. The minimum Gasteiger partial charge on any atom is -0.330 e. The topological polar surface area (TPSA) is 41.1 Å². The summed E-state index contributed by atoms with van der Waals surface area (Å²) in [6.07, 6.45) is 2.44. The van der Waals surface area contributed by atoms with Gasteiger partial charge in [0.15, 0.2) is 0 Å². The van der Waals surface area contributed by atoms with Crippen LogP contribution in [0, 0.1) is 0 Å². The maximum absolute atomic E-state index is 11.4. The largest absolute Gasteiger partial charge is 0.330 e. The quantitative estimate of drug-likeness (QED) is 0.636. The molecule has 0 atom stereocenters. The van der Waals surface area contributed by atoms with Crippen LogP contribution in [0.25, 0.3) is 0 Å². The SMILES string of the molecule is CC1(C)CC2=C(CCC(=O)N2)C(C)(C)N1. The van der Waals surface area contributed by atoms with E-state index in [0.29, 0.717) is 6.42 Å². The van der Waals surface area contributed by atoms with E-state index in [0.717, 1.165) is 18.5 Å². The summed E-state index contributed by atoms with van der Waals surface area (Å²) in [5.41, 5.74) is 2.60. The van der Waals surface area contributed by atoms with Gasteiger partial charge in [0.1, 0.15) is 0 Å². The first kappa shape index (κ1) is 10.7. The lowest BCUT2D eigenvalue weighted by Crippen LogP contribution is -2.59. The van der Waals surface area contributed by atoms with Crippen LogP contribution in [0.2, 0.25) is 0 Å². The summed E-state index contributed by atoms with van der Waals surface area (Å²) < 4.78 is 0. The molecule has 0 saturated heterocycles. The Morgan fingerprint density at radius 1 is 1.13 bits per heavy atom. The van der Waals surface area contributed by atoms with Crippen LogP contribution >= 0.6 is 0 Å². The molecular weight excluding hydrogens is 188 g/mol. The van der Waals surface area contributed by atoms with Crippen molar-refractivity contribution in [2.75, 3.05) is 0 Å². The molecule has 2 rings (SSSR count). The molecule has 0 aromatic carbocycles. The first-order valence-corrected chi connectivity index (χ1v) is 5.62. The van der Waals surface area contributed by atoms with Gasteiger partial charge in [0.2, 0.25) is 5.91 Å². The van der Waals surface area contributed by atoms with E-state index in [-0.39, 0.29) is 17.0 Å². The fourth-order valence-electron chi connectivity index (χ4n) is 2.94. The zero-order chi connectivity index (χ0) is 11.3. The molecule has 3 heteroatoms. The van der Waals surface area contributed by atoms with Crippen LogP contribution in [-0.2, 0) is 4.79 Å². The van der Waals surface area contributed by atoms with Crippen molar-refractivity contribution < 1.29 is 4.79 Å². The second-order valence-corrected chi connectivity index (χ2v) is 5.82. The summed E-state index contributed by atoms with van der Waals surface area (Å²) >= 11 is 0. The molecule has 0 aromatic heterocycles. The predicted octanol–water partition coefficient (Wildman–Crippen LogP) is 1.70. The molecule has 0 unspecified atom stereocenters. The minimum absolute atomic E-state index is 0.00475. The summed E-state index contributed by atoms with van der Waals surface area (Å²) in [6.45, 7) is 8.75. The van der Waals surface area contributed by atoms with E-state index < -0.39 is 0 Å². The lowest BCUT2D eigenvalue weighted by atomic mass is 9.77. The van der Waals surface area contributed by atoms with Gasteiger partial charge in [-0.3, -0.25) is 4.79 Å². The van der Waals surface area contributed by atoms with E-state index in [4.69, 9.17) is 0 Å². The van der Waals surface area contributed by atoms with Gasteiger partial charge in [-0.05, 0) is 39.7 Å². The van der Waals surface area contributed by atoms with Crippen LogP contribution in [0.3, 0.4) is 0 Å². The monoisotopic (exact) mass is 208 g/mol. The Balaban J connectivity index is 2.39. The normalized spacial score (nSPS) is 28.4. The standard InChI is InChI=1S/C12H20N2O/c1-11(2)7-9-8(12(3,4)14-11)5-6-10(15)13-9/h14H,5-7H2,1-4H3,(H,13,15). The van der Waals surface area contributed by atoms with Crippen LogP contribution in [0.5, 0.6) is 0 Å². The highest BCUT2D eigenvalue weighted by molar-refractivity contribution is 5.80. The van der Waals surface area contributed by atoms with Crippen molar-refractivity contribution in [3.63, 3.8) is 0 Å². The molecule has 0 radical (unpaired) electrons. The third kappa shape index (κ3) is 1.93. The molecule has 1 amide bonds. The fraction of sp³-hybridized carbons (Fsp3) is 0.750. The van der Waals surface area contributed by atoms with Gasteiger partial charge in [-0.25, -0.2) is 0 Å². The lowest BCUT2D eigenvalue weighted by Gasteiger charge is -2.46. The highest BCUT2D eigenvalue weighted by Gasteiger charge is 2.40. The third-order valence-electron chi connectivity index (χ3n) is 3.28. The Morgan fingerprint density at radius 2 is 1.80 bits per heavy atom. The van der Waals surface area contributed by atoms with Crippen molar-refractivity contribution in [1.82, 2.24) is 10.6 Å². The van der Waals surface area contributed by atoms with Crippen LogP contribution < -0.4 is 10.6 Å². The first-order chi connectivity index (χ1) is 6.80. The number of rotatable bonds is 0. The van der Waals surface area contributed by atoms with E-state index in [2.05, 4.69) is 38.3 Å². The smallest absolute Gasteiger partial charge is 0.224 e. The van der Waals surface area contributed by atoms with E-state index >= 15 is 0 Å². The minimum atomic E-state index is 0.00475. The van der Waals surface area contributed by atoms with Crippen molar-refractivity contribution >= 4 is 5.91 Å². The van der Waals surface area contributed by atoms with E-state index in [9.17, 15) is 4.79 Å². The van der Waals surface area contributed by atoms with Gasteiger partial charge >= 0.3 is 0 Å². The lowest BCUT2D eigenvalue weighted by molar-refractivity contribution is -0.121. The van der Waals surface area contributed by atoms with Crippen molar-refractivity contribution in [2.45, 2.75) is 58.0 Å². The maximum atomic E-state index is 11.4. The number of hydrogen-bond acceptors (Lipinski definition) is 2. The zero-order valence-corrected chi connectivity index (χ0v) is 10.0. The van der Waals surface area contributed by atoms with Gasteiger partial charge in [-0.15, -0.1) is 0 Å². The predicted molar refractivity (Wildman–Crippen MR) is 60.3 cm³/mol. The molecule has 0 fully saturated rings. The van der Waals surface area contributed by atoms with Crippen LogP contribution in [0.1, 0.15) is 47.0 Å². The van der Waals surface area contributed by atoms with Crippen molar-refractivity contribution in [1.29, 1.82) is 0 Å². The van der Waals surface area contributed by atoms with Crippen LogP contribution in [-0.4, -0.2) is 17.0 Å². The number of amides is 1. The average Bonchev–Trinajstić information content (AvgIpc) is 1.97. The number of hydrogen-bond donors (Lipinski definition) is 2. The molecule has 2 aliphatic heterocycles. The van der Waals surface area contributed by atoms with Gasteiger partial charge in [-0.1, -0.05) is 0 Å². The van der Waals surface area contributed by atoms with Crippen LogP contribution in [0.15, 0.2) is 11.3 Å². The second kappa shape index (κ2) is 3.08. The molecule has 2 N–H and O–H groups in total. The highest BCUT2D eigenvalue weighted by Crippen LogP contribution is 2.36. The average molecular weight is 208 g/mol. The van der Waals surface area contributed by atoms with Crippen molar-refractivity contribution in [2.24, 2.45) is 0 Å². The molecule has 0 aliphatic carbocycles. The first-order valence-electron chi connectivity index (χ1n) is 5.62. The zero-order valence-electron chi connectivity index (χ0n) is 10.0. The van der Waals surface area contributed by atoms with Gasteiger partial charge in [0.05, 0.1) is 0 Å². The molecule has 15 heavy (non-hydrogen) atoms. The van der Waals surface area contributed by atoms with E-state index in [1.165, 1.54) is 5.57 Å². The Bertz CT molecular complexity index is 340. The fourth-order valence-corrected chi connectivity index (χ4v) is 2.94. The van der Waals surface area contributed by atoms with Crippen molar-refractivity contribution in [3.05, 3.63) is 11.3 Å². The molecule has 84 valence electrons. The second-order valence-electron chi connectivity index (χ2n) is 5.82. The van der Waals surface area contributed by atoms with Gasteiger partial charge < -0.3 is 10.6 Å². The Hall–Kier alpha value is -0.830. The number of carbonyl (C=O) groups excluding carboxylic acids is 1. The highest BCUT2D eigenvalue weighted by atomic mass is 16.1. The van der Waals surface area contributed by atoms with Gasteiger partial charge in [0.25, 0.3) is 0 Å². The summed E-state index contributed by atoms with van der Waals surface area (Å²) in [6, 6.07) is 0. The molecule has 0 spiro atoms. The summed E-state index contributed by atoms with van der Waals surface area (Å²) in [5, 5.41) is 6.67. The van der Waals surface area contributed by atoms with Crippen molar-refractivity contribution in [3.8, 4) is 0 Å². The number of nitrogens with one attached hydrogen (secondary N) is 2. The van der Waals surface area contributed by atoms with E-state index in [1.54, 1.807) is 0 Å². The van der Waals surface area contributed by atoms with Gasteiger partial charge in [-0.2, -0.15) is 0 Å². The third-order valence-corrected chi connectivity index (χ3v) is 3.28. The molecule has 0 aromatic rings. The summed E-state index contributed by atoms with van der Waals surface area (Å²) in [5.74, 6) is 0.169. The Labute approximate surface area is 91.3 Å². The molecule has 2 aliphatic rings.